The Morgan fingerprint density at radius 1 is 0.621 bits per heavy atom. The molecule has 0 aliphatic carbocycles. The molecule has 0 bridgehead atoms. The van der Waals surface area contributed by atoms with Crippen molar-refractivity contribution in [1.82, 2.24) is 0 Å². The van der Waals surface area contributed by atoms with Gasteiger partial charge < -0.3 is 4.42 Å². The van der Waals surface area contributed by atoms with E-state index in [0.717, 1.165) is 44.2 Å². The molecule has 29 heavy (non-hydrogen) atoms. The quantitative estimate of drug-likeness (QED) is 0.361. The Labute approximate surface area is 168 Å². The SMILES string of the molecule is O=S1(=O)c2ccccc2-c2ccc(Cc3ccc4c(c3)oc3ccccc34)cc21. The summed E-state index contributed by atoms with van der Waals surface area (Å²) in [7, 11) is -3.45. The van der Waals surface area contributed by atoms with Gasteiger partial charge in [0.15, 0.2) is 0 Å². The first kappa shape index (κ1) is 16.6. The van der Waals surface area contributed by atoms with Crippen LogP contribution in [-0.4, -0.2) is 8.42 Å². The minimum Gasteiger partial charge on any atom is -0.456 e. The Bertz CT molecular complexity index is 1540. The van der Waals surface area contributed by atoms with Crippen LogP contribution in [0.3, 0.4) is 0 Å². The van der Waals surface area contributed by atoms with Crippen LogP contribution >= 0.6 is 0 Å². The first-order chi connectivity index (χ1) is 14.1. The maximum atomic E-state index is 12.9. The predicted octanol–water partition coefficient (Wildman–Crippen LogP) is 5.99. The summed E-state index contributed by atoms with van der Waals surface area (Å²) in [5.74, 6) is 0. The van der Waals surface area contributed by atoms with E-state index in [-0.39, 0.29) is 0 Å². The number of furan rings is 1. The number of benzene rings is 4. The Balaban J connectivity index is 1.42. The van der Waals surface area contributed by atoms with Crippen LogP contribution in [0.25, 0.3) is 33.1 Å². The number of rotatable bonds is 2. The van der Waals surface area contributed by atoms with Crippen molar-refractivity contribution in [2.45, 2.75) is 16.2 Å². The molecular weight excluding hydrogens is 380 g/mol. The van der Waals surface area contributed by atoms with E-state index in [0.29, 0.717) is 16.2 Å². The third-order valence-electron chi connectivity index (χ3n) is 5.65. The van der Waals surface area contributed by atoms with Crippen LogP contribution in [-0.2, 0) is 16.3 Å². The number of para-hydroxylation sites is 1. The molecule has 0 amide bonds. The van der Waals surface area contributed by atoms with Gasteiger partial charge >= 0.3 is 0 Å². The van der Waals surface area contributed by atoms with Crippen LogP contribution in [0.1, 0.15) is 11.1 Å². The molecule has 140 valence electrons. The van der Waals surface area contributed by atoms with E-state index < -0.39 is 9.84 Å². The van der Waals surface area contributed by atoms with E-state index in [1.54, 1.807) is 12.1 Å². The van der Waals surface area contributed by atoms with Gasteiger partial charge in [-0.1, -0.05) is 60.7 Å². The molecule has 5 aromatic rings. The van der Waals surface area contributed by atoms with Crippen LogP contribution in [0.4, 0.5) is 0 Å². The first-order valence-corrected chi connectivity index (χ1v) is 11.0. The molecular formula is C25H16O3S. The normalized spacial score (nSPS) is 14.2. The van der Waals surface area contributed by atoms with E-state index in [9.17, 15) is 8.42 Å². The van der Waals surface area contributed by atoms with Gasteiger partial charge in [0.2, 0.25) is 9.84 Å². The van der Waals surface area contributed by atoms with Crippen molar-refractivity contribution in [3.8, 4) is 11.1 Å². The van der Waals surface area contributed by atoms with E-state index in [2.05, 4.69) is 18.2 Å². The lowest BCUT2D eigenvalue weighted by molar-refractivity contribution is 0.598. The molecule has 0 saturated heterocycles. The Kier molecular flexibility index (Phi) is 3.32. The van der Waals surface area contributed by atoms with Crippen LogP contribution < -0.4 is 0 Å². The second-order valence-corrected chi connectivity index (χ2v) is 9.32. The van der Waals surface area contributed by atoms with Crippen LogP contribution in [0.2, 0.25) is 0 Å². The summed E-state index contributed by atoms with van der Waals surface area (Å²) in [5, 5.41) is 2.20. The minimum atomic E-state index is -3.45. The number of hydrogen-bond donors (Lipinski definition) is 0. The first-order valence-electron chi connectivity index (χ1n) is 9.49. The van der Waals surface area contributed by atoms with Crippen LogP contribution in [0, 0.1) is 0 Å². The molecule has 2 heterocycles. The highest BCUT2D eigenvalue weighted by atomic mass is 32.2. The van der Waals surface area contributed by atoms with Crippen molar-refractivity contribution >= 4 is 31.8 Å². The molecule has 0 N–H and O–H groups in total. The molecule has 0 spiro atoms. The number of fused-ring (bicyclic) bond motifs is 6. The van der Waals surface area contributed by atoms with Crippen molar-refractivity contribution in [2.24, 2.45) is 0 Å². The second-order valence-electron chi connectivity index (χ2n) is 7.44. The minimum absolute atomic E-state index is 0.399. The lowest BCUT2D eigenvalue weighted by atomic mass is 10.00. The third-order valence-corrected chi connectivity index (χ3v) is 7.51. The fourth-order valence-electron chi connectivity index (χ4n) is 4.28. The average molecular weight is 396 g/mol. The fraction of sp³-hybridized carbons (Fsp3) is 0.0400. The van der Waals surface area contributed by atoms with Crippen molar-refractivity contribution in [1.29, 1.82) is 0 Å². The molecule has 6 rings (SSSR count). The largest absolute Gasteiger partial charge is 0.456 e. The average Bonchev–Trinajstić information content (AvgIpc) is 3.21. The zero-order valence-corrected chi connectivity index (χ0v) is 16.2. The third kappa shape index (κ3) is 2.39. The van der Waals surface area contributed by atoms with Crippen molar-refractivity contribution in [3.05, 3.63) is 96.1 Å². The van der Waals surface area contributed by atoms with Gasteiger partial charge in [-0.3, -0.25) is 0 Å². The highest BCUT2D eigenvalue weighted by molar-refractivity contribution is 7.92. The van der Waals surface area contributed by atoms with E-state index in [1.165, 1.54) is 0 Å². The highest BCUT2D eigenvalue weighted by Crippen LogP contribution is 2.43. The number of hydrogen-bond acceptors (Lipinski definition) is 3. The predicted molar refractivity (Wildman–Crippen MR) is 114 cm³/mol. The Morgan fingerprint density at radius 3 is 2.24 bits per heavy atom. The Morgan fingerprint density at radius 2 is 1.31 bits per heavy atom. The van der Waals surface area contributed by atoms with Gasteiger partial charge in [0.25, 0.3) is 0 Å². The molecule has 3 nitrogen and oxygen atoms in total. The van der Waals surface area contributed by atoms with Gasteiger partial charge in [-0.05, 0) is 41.8 Å². The van der Waals surface area contributed by atoms with E-state index in [4.69, 9.17) is 4.42 Å². The number of sulfone groups is 1. The smallest absolute Gasteiger partial charge is 0.207 e. The maximum absolute atomic E-state index is 12.9. The van der Waals surface area contributed by atoms with Gasteiger partial charge in [0, 0.05) is 21.9 Å². The molecule has 0 saturated carbocycles. The summed E-state index contributed by atoms with van der Waals surface area (Å²) in [6.45, 7) is 0. The van der Waals surface area contributed by atoms with Crippen molar-refractivity contribution in [2.75, 3.05) is 0 Å². The van der Waals surface area contributed by atoms with Crippen LogP contribution in [0.15, 0.2) is 99.1 Å². The lowest BCUT2D eigenvalue weighted by Crippen LogP contribution is -1.98. The molecule has 0 atom stereocenters. The fourth-order valence-corrected chi connectivity index (χ4v) is 6.02. The van der Waals surface area contributed by atoms with Crippen molar-refractivity contribution < 1.29 is 12.8 Å². The summed E-state index contributed by atoms with van der Waals surface area (Å²) in [6, 6.07) is 27.2. The zero-order valence-electron chi connectivity index (χ0n) is 15.4. The monoisotopic (exact) mass is 396 g/mol. The van der Waals surface area contributed by atoms with Gasteiger partial charge in [0.05, 0.1) is 9.79 Å². The van der Waals surface area contributed by atoms with Gasteiger partial charge in [-0.2, -0.15) is 0 Å². The topological polar surface area (TPSA) is 47.3 Å². The van der Waals surface area contributed by atoms with E-state index in [1.807, 2.05) is 54.6 Å². The Hall–Kier alpha value is -3.37. The zero-order chi connectivity index (χ0) is 19.6. The van der Waals surface area contributed by atoms with Crippen molar-refractivity contribution in [3.63, 3.8) is 0 Å². The molecule has 0 fully saturated rings. The summed E-state index contributed by atoms with van der Waals surface area (Å²) < 4.78 is 31.9. The van der Waals surface area contributed by atoms with Crippen LogP contribution in [0.5, 0.6) is 0 Å². The summed E-state index contributed by atoms with van der Waals surface area (Å²) in [4.78, 5) is 0.803. The summed E-state index contributed by atoms with van der Waals surface area (Å²) in [5.41, 5.74) is 5.36. The summed E-state index contributed by atoms with van der Waals surface area (Å²) in [6.07, 6.45) is 0.645. The standard InChI is InChI=1S/C25H16O3S/c26-29(27)24-8-4-2-6-20(24)21-12-10-17(15-25(21)29)13-16-9-11-19-18-5-1-3-7-22(18)28-23(19)14-16/h1-12,14-15H,13H2. The molecule has 1 aliphatic heterocycles. The van der Waals surface area contributed by atoms with Gasteiger partial charge in [-0.15, -0.1) is 0 Å². The maximum Gasteiger partial charge on any atom is 0.207 e. The van der Waals surface area contributed by atoms with Gasteiger partial charge in [0.1, 0.15) is 11.2 Å². The molecule has 0 radical (unpaired) electrons. The molecule has 1 aliphatic rings. The van der Waals surface area contributed by atoms with E-state index >= 15 is 0 Å². The molecule has 0 unspecified atom stereocenters. The second kappa shape index (κ2) is 5.82. The molecule has 4 heteroatoms. The molecule has 4 aromatic carbocycles. The highest BCUT2D eigenvalue weighted by Gasteiger charge is 2.32. The molecule has 1 aromatic heterocycles. The lowest BCUT2D eigenvalue weighted by Gasteiger charge is -2.05. The van der Waals surface area contributed by atoms with Gasteiger partial charge in [-0.25, -0.2) is 8.42 Å². The summed E-state index contributed by atoms with van der Waals surface area (Å²) >= 11 is 0.